The first-order chi connectivity index (χ1) is 13.9. The number of aryl methyl sites for hydroxylation is 1. The Bertz CT molecular complexity index is 899. The van der Waals surface area contributed by atoms with E-state index >= 15 is 0 Å². The van der Waals surface area contributed by atoms with E-state index in [9.17, 15) is 4.79 Å². The van der Waals surface area contributed by atoms with Crippen molar-refractivity contribution in [2.24, 2.45) is 5.92 Å². The maximum absolute atomic E-state index is 12.6. The number of fused-ring (bicyclic) bond motifs is 4. The van der Waals surface area contributed by atoms with Gasteiger partial charge in [0, 0.05) is 25.1 Å². The molecule has 1 amide bonds. The van der Waals surface area contributed by atoms with Crippen LogP contribution in [-0.2, 0) is 10.3 Å². The number of rotatable bonds is 5. The fourth-order valence-corrected chi connectivity index (χ4v) is 4.48. The van der Waals surface area contributed by atoms with Crippen molar-refractivity contribution in [2.45, 2.75) is 38.1 Å². The normalized spacial score (nSPS) is 22.7. The number of likely N-dealkylation sites (N-methyl/N-ethyl adjacent to an activating group) is 1. The van der Waals surface area contributed by atoms with Crippen molar-refractivity contribution in [1.82, 2.24) is 24.8 Å². The van der Waals surface area contributed by atoms with Crippen molar-refractivity contribution in [3.05, 3.63) is 29.8 Å². The number of hydrogen-bond donors (Lipinski definition) is 2. The van der Waals surface area contributed by atoms with Crippen molar-refractivity contribution in [1.29, 1.82) is 0 Å². The molecule has 2 aromatic rings. The Hall–Kier alpha value is -2.61. The van der Waals surface area contributed by atoms with Crippen molar-refractivity contribution in [3.8, 4) is 11.7 Å². The molecule has 156 valence electrons. The lowest BCUT2D eigenvalue weighted by Crippen LogP contribution is -2.46. The first kappa shape index (κ1) is 19.7. The highest BCUT2D eigenvalue weighted by Crippen LogP contribution is 2.47. The molecule has 0 saturated heterocycles. The van der Waals surface area contributed by atoms with Crippen LogP contribution in [0.3, 0.4) is 0 Å². The molecule has 0 bridgehead atoms. The van der Waals surface area contributed by atoms with E-state index in [-0.39, 0.29) is 17.4 Å². The lowest BCUT2D eigenvalue weighted by molar-refractivity contribution is -0.126. The van der Waals surface area contributed by atoms with Crippen LogP contribution < -0.4 is 15.4 Å². The SMILES string of the molecule is COc1ccc2c(n1)-n1c(cnc1C)C1(CCC(C(=O)NCCN(C)C)CC1)N2. The molecule has 0 aromatic carbocycles. The quantitative estimate of drug-likeness (QED) is 0.802. The largest absolute Gasteiger partial charge is 0.481 e. The van der Waals surface area contributed by atoms with Crippen LogP contribution in [0.4, 0.5) is 5.69 Å². The van der Waals surface area contributed by atoms with Crippen molar-refractivity contribution in [2.75, 3.05) is 39.6 Å². The van der Waals surface area contributed by atoms with E-state index in [4.69, 9.17) is 4.74 Å². The third-order valence-electron chi connectivity index (χ3n) is 6.14. The Morgan fingerprint density at radius 3 is 2.83 bits per heavy atom. The number of hydrogen-bond acceptors (Lipinski definition) is 6. The van der Waals surface area contributed by atoms with Gasteiger partial charge in [-0.3, -0.25) is 9.36 Å². The third-order valence-corrected chi connectivity index (χ3v) is 6.14. The molecule has 1 aliphatic heterocycles. The number of nitrogens with zero attached hydrogens (tertiary/aromatic N) is 4. The summed E-state index contributed by atoms with van der Waals surface area (Å²) in [5, 5.41) is 6.82. The van der Waals surface area contributed by atoms with Gasteiger partial charge in [-0.05, 0) is 52.8 Å². The fraction of sp³-hybridized carbons (Fsp3) is 0.571. The summed E-state index contributed by atoms with van der Waals surface area (Å²) in [6.07, 6.45) is 5.42. The van der Waals surface area contributed by atoms with Crippen LogP contribution in [0.2, 0.25) is 0 Å². The molecule has 29 heavy (non-hydrogen) atoms. The van der Waals surface area contributed by atoms with Crippen LogP contribution in [-0.4, -0.2) is 59.6 Å². The van der Waals surface area contributed by atoms with Crippen LogP contribution in [0.25, 0.3) is 5.82 Å². The zero-order valence-corrected chi connectivity index (χ0v) is 17.7. The van der Waals surface area contributed by atoms with E-state index in [1.165, 1.54) is 0 Å². The van der Waals surface area contributed by atoms with Gasteiger partial charge < -0.3 is 20.3 Å². The molecular weight excluding hydrogens is 368 g/mol. The molecule has 0 atom stereocenters. The molecule has 4 rings (SSSR count). The topological polar surface area (TPSA) is 84.3 Å². The average molecular weight is 399 g/mol. The molecule has 8 heteroatoms. The van der Waals surface area contributed by atoms with Gasteiger partial charge in [-0.1, -0.05) is 0 Å². The number of nitrogens with one attached hydrogen (secondary N) is 2. The Labute approximate surface area is 171 Å². The summed E-state index contributed by atoms with van der Waals surface area (Å²) in [4.78, 5) is 23.9. The zero-order chi connectivity index (χ0) is 20.6. The number of carbonyl (C=O) groups excluding carboxylic acids is 1. The Kier molecular flexibility index (Phi) is 5.21. The number of ether oxygens (including phenoxy) is 1. The van der Waals surface area contributed by atoms with E-state index in [1.54, 1.807) is 7.11 Å². The lowest BCUT2D eigenvalue weighted by Gasteiger charge is -2.44. The standard InChI is InChI=1S/C21H30N6O2/c1-14-23-13-17-21(25-16-5-6-18(29-4)24-19(16)27(14)17)9-7-15(8-10-21)20(28)22-11-12-26(2)3/h5-6,13,15,25H,7-12H2,1-4H3,(H,22,28). The summed E-state index contributed by atoms with van der Waals surface area (Å²) in [6.45, 7) is 3.55. The number of methoxy groups -OCH3 is 1. The second-order valence-corrected chi connectivity index (χ2v) is 8.33. The fourth-order valence-electron chi connectivity index (χ4n) is 4.48. The average Bonchev–Trinajstić information content (AvgIpc) is 3.11. The molecule has 2 aromatic heterocycles. The lowest BCUT2D eigenvalue weighted by atomic mass is 9.73. The van der Waals surface area contributed by atoms with Gasteiger partial charge in [0.15, 0.2) is 5.82 Å². The number of amides is 1. The van der Waals surface area contributed by atoms with Gasteiger partial charge in [0.05, 0.1) is 30.2 Å². The van der Waals surface area contributed by atoms with Crippen LogP contribution in [0.15, 0.2) is 18.3 Å². The van der Waals surface area contributed by atoms with Gasteiger partial charge >= 0.3 is 0 Å². The highest BCUT2D eigenvalue weighted by Gasteiger charge is 2.44. The Morgan fingerprint density at radius 2 is 2.14 bits per heavy atom. The van der Waals surface area contributed by atoms with E-state index in [0.29, 0.717) is 12.4 Å². The zero-order valence-electron chi connectivity index (χ0n) is 17.7. The maximum Gasteiger partial charge on any atom is 0.223 e. The van der Waals surface area contributed by atoms with E-state index in [1.807, 2.05) is 39.3 Å². The minimum Gasteiger partial charge on any atom is -0.481 e. The van der Waals surface area contributed by atoms with Crippen molar-refractivity contribution >= 4 is 11.6 Å². The summed E-state index contributed by atoms with van der Waals surface area (Å²) in [6, 6.07) is 3.89. The number of imidazole rings is 1. The minimum atomic E-state index is -0.217. The molecule has 2 N–H and O–H groups in total. The van der Waals surface area contributed by atoms with Crippen LogP contribution in [0.5, 0.6) is 5.88 Å². The number of anilines is 1. The summed E-state index contributed by atoms with van der Waals surface area (Å²) in [7, 11) is 5.65. The first-order valence-corrected chi connectivity index (χ1v) is 10.2. The third kappa shape index (κ3) is 3.57. The van der Waals surface area contributed by atoms with Gasteiger partial charge in [-0.25, -0.2) is 4.98 Å². The summed E-state index contributed by atoms with van der Waals surface area (Å²) in [5.41, 5.74) is 1.88. The second kappa shape index (κ2) is 7.67. The van der Waals surface area contributed by atoms with E-state index < -0.39 is 0 Å². The molecule has 0 radical (unpaired) electrons. The monoisotopic (exact) mass is 398 g/mol. The summed E-state index contributed by atoms with van der Waals surface area (Å²) >= 11 is 0. The number of aromatic nitrogens is 3. The molecule has 3 heterocycles. The minimum absolute atomic E-state index is 0.0671. The predicted molar refractivity (Wildman–Crippen MR) is 111 cm³/mol. The summed E-state index contributed by atoms with van der Waals surface area (Å²) in [5.74, 6) is 2.56. The smallest absolute Gasteiger partial charge is 0.223 e. The highest BCUT2D eigenvalue weighted by atomic mass is 16.5. The molecule has 0 unspecified atom stereocenters. The van der Waals surface area contributed by atoms with Crippen LogP contribution in [0.1, 0.15) is 37.2 Å². The second-order valence-electron chi connectivity index (χ2n) is 8.33. The van der Waals surface area contributed by atoms with E-state index in [2.05, 4.69) is 30.1 Å². The van der Waals surface area contributed by atoms with Crippen molar-refractivity contribution < 1.29 is 9.53 Å². The number of carbonyl (C=O) groups is 1. The van der Waals surface area contributed by atoms with Gasteiger partial charge in [0.2, 0.25) is 11.8 Å². The van der Waals surface area contributed by atoms with Gasteiger partial charge in [-0.2, -0.15) is 4.98 Å². The van der Waals surface area contributed by atoms with Gasteiger partial charge in [0.1, 0.15) is 5.82 Å². The molecular formula is C21H30N6O2. The molecule has 2 aliphatic rings. The summed E-state index contributed by atoms with van der Waals surface area (Å²) < 4.78 is 7.45. The molecule has 8 nitrogen and oxygen atoms in total. The maximum atomic E-state index is 12.6. The molecule has 1 fully saturated rings. The van der Waals surface area contributed by atoms with Crippen molar-refractivity contribution in [3.63, 3.8) is 0 Å². The Morgan fingerprint density at radius 1 is 1.38 bits per heavy atom. The van der Waals surface area contributed by atoms with Crippen LogP contribution >= 0.6 is 0 Å². The van der Waals surface area contributed by atoms with Gasteiger partial charge in [0.25, 0.3) is 0 Å². The van der Waals surface area contributed by atoms with Gasteiger partial charge in [-0.15, -0.1) is 0 Å². The Balaban J connectivity index is 1.53. The molecule has 1 saturated carbocycles. The highest BCUT2D eigenvalue weighted by molar-refractivity contribution is 5.79. The molecule has 1 aliphatic carbocycles. The molecule has 1 spiro atoms. The van der Waals surface area contributed by atoms with E-state index in [0.717, 1.165) is 55.3 Å². The predicted octanol–water partition coefficient (Wildman–Crippen LogP) is 2.07. The number of pyridine rings is 1. The first-order valence-electron chi connectivity index (χ1n) is 10.2. The van der Waals surface area contributed by atoms with Crippen LogP contribution in [0, 0.1) is 12.8 Å².